The predicted molar refractivity (Wildman–Crippen MR) is 116 cm³/mol. The van der Waals surface area contributed by atoms with Crippen molar-refractivity contribution in [2.45, 2.75) is 91.5 Å². The molecule has 0 saturated carbocycles. The summed E-state index contributed by atoms with van der Waals surface area (Å²) in [5.74, 6) is -0.108. The minimum Gasteiger partial charge on any atom is -0.361 e. The summed E-state index contributed by atoms with van der Waals surface area (Å²) >= 11 is 0. The first-order chi connectivity index (χ1) is 13.3. The first-order valence-electron chi connectivity index (χ1n) is 10.9. The average molecular weight is 389 g/mol. The Kier molecular flexibility index (Phi) is 8.53. The first-order valence-corrected chi connectivity index (χ1v) is 10.9. The van der Waals surface area contributed by atoms with Gasteiger partial charge in [0.1, 0.15) is 5.82 Å². The quantitative estimate of drug-likeness (QED) is 0.423. The highest BCUT2D eigenvalue weighted by atomic mass is 19.1. The number of carbonyl (C=O) groups excluding carboxylic acids is 1. The van der Waals surface area contributed by atoms with Gasteiger partial charge in [-0.2, -0.15) is 0 Å². The lowest BCUT2D eigenvalue weighted by molar-refractivity contribution is -0.122. The topological polar surface area (TPSA) is 44.9 Å². The zero-order valence-electron chi connectivity index (χ0n) is 18.0. The van der Waals surface area contributed by atoms with Crippen molar-refractivity contribution >= 4 is 16.8 Å². The molecule has 1 aromatic carbocycles. The molecule has 1 atom stereocenters. The van der Waals surface area contributed by atoms with E-state index in [1.165, 1.54) is 38.2 Å². The fourth-order valence-electron chi connectivity index (χ4n) is 3.62. The lowest BCUT2D eigenvalue weighted by atomic mass is 9.82. The average Bonchev–Trinajstić information content (AvgIpc) is 3.01. The molecule has 4 heteroatoms. The molecular formula is C24H37FN2O. The van der Waals surface area contributed by atoms with Crippen LogP contribution >= 0.6 is 0 Å². The molecule has 1 amide bonds. The van der Waals surface area contributed by atoms with E-state index in [4.69, 9.17) is 0 Å². The summed E-state index contributed by atoms with van der Waals surface area (Å²) in [6.45, 7) is 8.64. The number of aromatic amines is 1. The van der Waals surface area contributed by atoms with Gasteiger partial charge in [0.15, 0.2) is 0 Å². The highest BCUT2D eigenvalue weighted by Gasteiger charge is 2.27. The van der Waals surface area contributed by atoms with Crippen LogP contribution in [0, 0.1) is 11.2 Å². The van der Waals surface area contributed by atoms with Gasteiger partial charge in [-0.05, 0) is 42.0 Å². The van der Waals surface area contributed by atoms with Crippen molar-refractivity contribution in [1.82, 2.24) is 10.3 Å². The molecule has 0 bridgehead atoms. The van der Waals surface area contributed by atoms with Crippen molar-refractivity contribution < 1.29 is 9.18 Å². The molecular weight excluding hydrogens is 351 g/mol. The van der Waals surface area contributed by atoms with Crippen LogP contribution in [0.2, 0.25) is 0 Å². The van der Waals surface area contributed by atoms with Crippen LogP contribution in [0.1, 0.15) is 84.6 Å². The number of halogens is 1. The molecule has 156 valence electrons. The molecule has 0 fully saturated rings. The highest BCUT2D eigenvalue weighted by molar-refractivity contribution is 5.83. The maximum absolute atomic E-state index is 13.7. The van der Waals surface area contributed by atoms with Gasteiger partial charge >= 0.3 is 0 Å². The van der Waals surface area contributed by atoms with E-state index in [1.54, 1.807) is 12.1 Å². The largest absolute Gasteiger partial charge is 0.361 e. The standard InChI is InChI=1S/C24H37FN2O/c1-5-6-7-8-9-10-11-12-23(28)27-22(24(2,3)4)15-18-17-26-21-14-13-19(25)16-20(18)21/h13-14,16-17,22,26H,5-12,15H2,1-4H3,(H,27,28). The zero-order chi connectivity index (χ0) is 20.6. The van der Waals surface area contributed by atoms with E-state index in [2.05, 4.69) is 38.0 Å². The van der Waals surface area contributed by atoms with E-state index in [-0.39, 0.29) is 23.2 Å². The fraction of sp³-hybridized carbons (Fsp3) is 0.625. The molecule has 1 unspecified atom stereocenters. The number of rotatable bonds is 11. The van der Waals surface area contributed by atoms with Crippen LogP contribution in [0.25, 0.3) is 10.9 Å². The second-order valence-electron chi connectivity index (χ2n) is 9.07. The summed E-state index contributed by atoms with van der Waals surface area (Å²) in [5, 5.41) is 4.14. The fourth-order valence-corrected chi connectivity index (χ4v) is 3.62. The van der Waals surface area contributed by atoms with Crippen LogP contribution in [0.5, 0.6) is 0 Å². The van der Waals surface area contributed by atoms with Gasteiger partial charge in [0.25, 0.3) is 0 Å². The van der Waals surface area contributed by atoms with Gasteiger partial charge < -0.3 is 10.3 Å². The summed E-state index contributed by atoms with van der Waals surface area (Å²) in [6.07, 6.45) is 11.7. The van der Waals surface area contributed by atoms with Crippen molar-refractivity contribution in [1.29, 1.82) is 0 Å². The summed E-state index contributed by atoms with van der Waals surface area (Å²) < 4.78 is 13.7. The minimum absolute atomic E-state index is 0.00632. The third kappa shape index (κ3) is 6.96. The summed E-state index contributed by atoms with van der Waals surface area (Å²) in [7, 11) is 0. The lowest BCUT2D eigenvalue weighted by Gasteiger charge is -2.31. The maximum atomic E-state index is 13.7. The summed E-state index contributed by atoms with van der Waals surface area (Å²) in [6, 6.07) is 4.81. The van der Waals surface area contributed by atoms with E-state index >= 15 is 0 Å². The zero-order valence-corrected chi connectivity index (χ0v) is 18.0. The van der Waals surface area contributed by atoms with Crippen molar-refractivity contribution in [3.05, 3.63) is 35.8 Å². The monoisotopic (exact) mass is 388 g/mol. The van der Waals surface area contributed by atoms with Gasteiger partial charge in [-0.15, -0.1) is 0 Å². The van der Waals surface area contributed by atoms with E-state index in [0.717, 1.165) is 29.3 Å². The number of aromatic nitrogens is 1. The second-order valence-corrected chi connectivity index (χ2v) is 9.07. The maximum Gasteiger partial charge on any atom is 0.220 e. The normalized spacial score (nSPS) is 13.0. The van der Waals surface area contributed by atoms with Crippen LogP contribution in [0.15, 0.2) is 24.4 Å². The highest BCUT2D eigenvalue weighted by Crippen LogP contribution is 2.27. The molecule has 1 aromatic heterocycles. The minimum atomic E-state index is -0.233. The molecule has 1 heterocycles. The Morgan fingerprint density at radius 1 is 1.11 bits per heavy atom. The van der Waals surface area contributed by atoms with E-state index in [9.17, 15) is 9.18 Å². The van der Waals surface area contributed by atoms with Crippen molar-refractivity contribution in [3.8, 4) is 0 Å². The number of benzene rings is 1. The molecule has 3 nitrogen and oxygen atoms in total. The van der Waals surface area contributed by atoms with Crippen LogP contribution in [-0.4, -0.2) is 16.9 Å². The van der Waals surface area contributed by atoms with Gasteiger partial charge in [0, 0.05) is 29.6 Å². The number of unbranched alkanes of at least 4 members (excludes halogenated alkanes) is 6. The Morgan fingerprint density at radius 2 is 1.79 bits per heavy atom. The SMILES string of the molecule is CCCCCCCCCC(=O)NC(Cc1c[nH]c2ccc(F)cc12)C(C)(C)C. The summed E-state index contributed by atoms with van der Waals surface area (Å²) in [4.78, 5) is 15.7. The molecule has 0 aliphatic heterocycles. The molecule has 0 radical (unpaired) electrons. The van der Waals surface area contributed by atoms with Gasteiger partial charge in [-0.25, -0.2) is 4.39 Å². The third-order valence-electron chi connectivity index (χ3n) is 5.54. The van der Waals surface area contributed by atoms with Crippen molar-refractivity contribution in [2.24, 2.45) is 5.41 Å². The molecule has 28 heavy (non-hydrogen) atoms. The predicted octanol–water partition coefficient (Wildman–Crippen LogP) is 6.52. The van der Waals surface area contributed by atoms with Gasteiger partial charge in [0.05, 0.1) is 0 Å². The number of hydrogen-bond donors (Lipinski definition) is 2. The number of carbonyl (C=O) groups is 1. The Hall–Kier alpha value is -1.84. The Labute approximate surface area is 169 Å². The summed E-state index contributed by atoms with van der Waals surface area (Å²) in [5.41, 5.74) is 1.90. The second kappa shape index (κ2) is 10.6. The molecule has 2 aromatic rings. The first kappa shape index (κ1) is 22.4. The lowest BCUT2D eigenvalue weighted by Crippen LogP contribution is -2.45. The van der Waals surface area contributed by atoms with Crippen LogP contribution < -0.4 is 5.32 Å². The van der Waals surface area contributed by atoms with Gasteiger partial charge in [0.2, 0.25) is 5.91 Å². The van der Waals surface area contributed by atoms with Gasteiger partial charge in [-0.3, -0.25) is 4.79 Å². The Bertz CT molecular complexity index is 745. The van der Waals surface area contributed by atoms with Crippen molar-refractivity contribution in [3.63, 3.8) is 0 Å². The molecule has 0 aliphatic rings. The smallest absolute Gasteiger partial charge is 0.220 e. The number of H-pyrrole nitrogens is 1. The molecule has 0 spiro atoms. The van der Waals surface area contributed by atoms with E-state index in [1.807, 2.05) is 6.20 Å². The van der Waals surface area contributed by atoms with Gasteiger partial charge in [-0.1, -0.05) is 66.2 Å². The number of fused-ring (bicyclic) bond motifs is 1. The molecule has 0 saturated heterocycles. The number of hydrogen-bond acceptors (Lipinski definition) is 1. The third-order valence-corrected chi connectivity index (χ3v) is 5.54. The molecule has 2 rings (SSSR count). The number of amides is 1. The van der Waals surface area contributed by atoms with Crippen LogP contribution in [0.4, 0.5) is 4.39 Å². The van der Waals surface area contributed by atoms with Crippen molar-refractivity contribution in [2.75, 3.05) is 0 Å². The Morgan fingerprint density at radius 3 is 2.46 bits per heavy atom. The van der Waals surface area contributed by atoms with Crippen LogP contribution in [0.3, 0.4) is 0 Å². The van der Waals surface area contributed by atoms with E-state index < -0.39 is 0 Å². The Balaban J connectivity index is 1.89. The van der Waals surface area contributed by atoms with Crippen LogP contribution in [-0.2, 0) is 11.2 Å². The van der Waals surface area contributed by atoms with E-state index in [0.29, 0.717) is 12.8 Å². The molecule has 2 N–H and O–H groups in total. The molecule has 0 aliphatic carbocycles. The number of nitrogens with one attached hydrogen (secondary N) is 2.